The Labute approximate surface area is 106 Å². The molecular weight excluding hydrogens is 232 g/mol. The molecule has 2 rings (SSSR count). The van der Waals surface area contributed by atoms with Gasteiger partial charge in [-0.1, -0.05) is 0 Å². The molecule has 1 aliphatic rings. The fourth-order valence-corrected chi connectivity index (χ4v) is 1.84. The molecular formula is C13H16N2O3. The van der Waals surface area contributed by atoms with Crippen LogP contribution in [0.25, 0.3) is 0 Å². The van der Waals surface area contributed by atoms with Gasteiger partial charge in [0, 0.05) is 18.8 Å². The standard InChI is InChI=1S/C13H16N2O3/c1-7(8(2)18-3)14-9-4-5-10-11(6-9)13(17)15-12(10)16/h4-8,14H,1-3H3,(H,15,16,17). The summed E-state index contributed by atoms with van der Waals surface area (Å²) >= 11 is 0. The number of imide groups is 1. The van der Waals surface area contributed by atoms with E-state index < -0.39 is 0 Å². The highest BCUT2D eigenvalue weighted by atomic mass is 16.5. The number of anilines is 1. The fraction of sp³-hybridized carbons (Fsp3) is 0.385. The van der Waals surface area contributed by atoms with Crippen molar-refractivity contribution in [2.24, 2.45) is 0 Å². The molecule has 0 bridgehead atoms. The Balaban J connectivity index is 2.20. The molecule has 1 aliphatic heterocycles. The molecule has 0 aromatic heterocycles. The number of nitrogens with one attached hydrogen (secondary N) is 2. The molecule has 0 fully saturated rings. The molecule has 1 aromatic carbocycles. The summed E-state index contributed by atoms with van der Waals surface area (Å²) in [5.74, 6) is -0.675. The number of rotatable bonds is 4. The van der Waals surface area contributed by atoms with Crippen molar-refractivity contribution in [2.75, 3.05) is 12.4 Å². The smallest absolute Gasteiger partial charge is 0.259 e. The Bertz CT molecular complexity index is 499. The van der Waals surface area contributed by atoms with E-state index in [0.717, 1.165) is 5.69 Å². The van der Waals surface area contributed by atoms with Gasteiger partial charge in [-0.25, -0.2) is 0 Å². The third-order valence-electron chi connectivity index (χ3n) is 3.21. The number of ether oxygens (including phenoxy) is 1. The molecule has 2 N–H and O–H groups in total. The topological polar surface area (TPSA) is 67.4 Å². The van der Waals surface area contributed by atoms with Crippen LogP contribution in [0.5, 0.6) is 0 Å². The van der Waals surface area contributed by atoms with Gasteiger partial charge in [0.1, 0.15) is 0 Å². The Morgan fingerprint density at radius 2 is 1.83 bits per heavy atom. The number of amides is 2. The second-order valence-corrected chi connectivity index (χ2v) is 4.42. The van der Waals surface area contributed by atoms with Crippen LogP contribution in [0, 0.1) is 0 Å². The Hall–Kier alpha value is -1.88. The summed E-state index contributed by atoms with van der Waals surface area (Å²) in [6.07, 6.45) is 0.0497. The predicted molar refractivity (Wildman–Crippen MR) is 67.8 cm³/mol. The quantitative estimate of drug-likeness (QED) is 0.790. The van der Waals surface area contributed by atoms with Crippen LogP contribution >= 0.6 is 0 Å². The molecule has 1 heterocycles. The maximum atomic E-state index is 11.5. The highest BCUT2D eigenvalue weighted by molar-refractivity contribution is 6.21. The predicted octanol–water partition coefficient (Wildman–Crippen LogP) is 1.41. The van der Waals surface area contributed by atoms with E-state index in [2.05, 4.69) is 10.6 Å². The van der Waals surface area contributed by atoms with Crippen LogP contribution in [0.1, 0.15) is 34.6 Å². The van der Waals surface area contributed by atoms with Gasteiger partial charge in [-0.05, 0) is 32.0 Å². The van der Waals surface area contributed by atoms with Crippen molar-refractivity contribution in [2.45, 2.75) is 26.0 Å². The fourth-order valence-electron chi connectivity index (χ4n) is 1.84. The molecule has 5 heteroatoms. The van der Waals surface area contributed by atoms with Crippen molar-refractivity contribution in [3.05, 3.63) is 29.3 Å². The molecule has 0 saturated carbocycles. The molecule has 0 aliphatic carbocycles. The molecule has 0 radical (unpaired) electrons. The summed E-state index contributed by atoms with van der Waals surface area (Å²) in [7, 11) is 1.65. The van der Waals surface area contributed by atoms with E-state index in [4.69, 9.17) is 4.74 Å². The molecule has 2 unspecified atom stereocenters. The van der Waals surface area contributed by atoms with Gasteiger partial charge in [0.2, 0.25) is 0 Å². The number of carbonyl (C=O) groups excluding carboxylic acids is 2. The average Bonchev–Trinajstić information content (AvgIpc) is 2.63. The normalized spacial score (nSPS) is 17.1. The lowest BCUT2D eigenvalue weighted by Gasteiger charge is -2.21. The number of hydrogen-bond acceptors (Lipinski definition) is 4. The molecule has 2 atom stereocenters. The Morgan fingerprint density at radius 3 is 2.50 bits per heavy atom. The van der Waals surface area contributed by atoms with Crippen LogP contribution in [0.2, 0.25) is 0 Å². The zero-order valence-corrected chi connectivity index (χ0v) is 10.6. The van der Waals surface area contributed by atoms with E-state index in [-0.39, 0.29) is 24.0 Å². The molecule has 0 saturated heterocycles. The van der Waals surface area contributed by atoms with Gasteiger partial charge < -0.3 is 10.1 Å². The third kappa shape index (κ3) is 2.22. The van der Waals surface area contributed by atoms with Gasteiger partial charge in [0.05, 0.1) is 17.2 Å². The number of benzene rings is 1. The van der Waals surface area contributed by atoms with Gasteiger partial charge in [0.25, 0.3) is 11.8 Å². The van der Waals surface area contributed by atoms with Gasteiger partial charge in [-0.3, -0.25) is 14.9 Å². The number of carbonyl (C=O) groups is 2. The van der Waals surface area contributed by atoms with Gasteiger partial charge in [-0.2, -0.15) is 0 Å². The first-order valence-electron chi connectivity index (χ1n) is 5.82. The summed E-state index contributed by atoms with van der Waals surface area (Å²) in [5, 5.41) is 5.51. The highest BCUT2D eigenvalue weighted by Crippen LogP contribution is 2.21. The van der Waals surface area contributed by atoms with E-state index in [0.29, 0.717) is 11.1 Å². The van der Waals surface area contributed by atoms with Crippen molar-refractivity contribution in [1.82, 2.24) is 5.32 Å². The van der Waals surface area contributed by atoms with Crippen LogP contribution in [-0.2, 0) is 4.74 Å². The molecule has 5 nitrogen and oxygen atoms in total. The summed E-state index contributed by atoms with van der Waals surface area (Å²) in [6, 6.07) is 5.24. The first-order chi connectivity index (χ1) is 8.52. The summed E-state index contributed by atoms with van der Waals surface area (Å²) in [5.41, 5.74) is 1.65. The highest BCUT2D eigenvalue weighted by Gasteiger charge is 2.26. The molecule has 96 valence electrons. The van der Waals surface area contributed by atoms with Gasteiger partial charge in [0.15, 0.2) is 0 Å². The minimum atomic E-state index is -0.342. The second-order valence-electron chi connectivity index (χ2n) is 4.42. The number of hydrogen-bond donors (Lipinski definition) is 2. The minimum Gasteiger partial charge on any atom is -0.380 e. The zero-order chi connectivity index (χ0) is 13.3. The van der Waals surface area contributed by atoms with Crippen LogP contribution < -0.4 is 10.6 Å². The van der Waals surface area contributed by atoms with E-state index in [9.17, 15) is 9.59 Å². The van der Waals surface area contributed by atoms with E-state index >= 15 is 0 Å². The second kappa shape index (κ2) is 4.78. The SMILES string of the molecule is COC(C)C(C)Nc1ccc2c(c1)C(=O)NC2=O. The third-order valence-corrected chi connectivity index (χ3v) is 3.21. The summed E-state index contributed by atoms with van der Waals surface area (Å²) in [6.45, 7) is 3.95. The lowest BCUT2D eigenvalue weighted by Crippen LogP contribution is -2.29. The van der Waals surface area contributed by atoms with Crippen LogP contribution in [0.3, 0.4) is 0 Å². The van der Waals surface area contributed by atoms with Crippen LogP contribution in [0.4, 0.5) is 5.69 Å². The molecule has 2 amide bonds. The Morgan fingerprint density at radius 1 is 1.17 bits per heavy atom. The lowest BCUT2D eigenvalue weighted by molar-refractivity contribution is 0.0879. The van der Waals surface area contributed by atoms with Crippen LogP contribution in [-0.4, -0.2) is 31.1 Å². The maximum Gasteiger partial charge on any atom is 0.259 e. The molecule has 0 spiro atoms. The van der Waals surface area contributed by atoms with Crippen molar-refractivity contribution in [3.63, 3.8) is 0 Å². The van der Waals surface area contributed by atoms with Gasteiger partial charge in [-0.15, -0.1) is 0 Å². The number of methoxy groups -OCH3 is 1. The van der Waals surface area contributed by atoms with Crippen molar-refractivity contribution >= 4 is 17.5 Å². The van der Waals surface area contributed by atoms with Crippen molar-refractivity contribution in [1.29, 1.82) is 0 Å². The lowest BCUT2D eigenvalue weighted by atomic mass is 10.1. The maximum absolute atomic E-state index is 11.5. The Kier molecular flexibility index (Phi) is 3.34. The summed E-state index contributed by atoms with van der Waals surface area (Å²) < 4.78 is 5.22. The van der Waals surface area contributed by atoms with Crippen molar-refractivity contribution < 1.29 is 14.3 Å². The monoisotopic (exact) mass is 248 g/mol. The van der Waals surface area contributed by atoms with Crippen molar-refractivity contribution in [3.8, 4) is 0 Å². The first-order valence-corrected chi connectivity index (χ1v) is 5.82. The number of fused-ring (bicyclic) bond motifs is 1. The van der Waals surface area contributed by atoms with E-state index in [1.54, 1.807) is 25.3 Å². The summed E-state index contributed by atoms with van der Waals surface area (Å²) in [4.78, 5) is 22.9. The largest absolute Gasteiger partial charge is 0.380 e. The average molecular weight is 248 g/mol. The van der Waals surface area contributed by atoms with E-state index in [1.807, 2.05) is 13.8 Å². The molecule has 1 aromatic rings. The minimum absolute atomic E-state index is 0.0497. The molecule has 18 heavy (non-hydrogen) atoms. The zero-order valence-electron chi connectivity index (χ0n) is 10.6. The van der Waals surface area contributed by atoms with Crippen LogP contribution in [0.15, 0.2) is 18.2 Å². The van der Waals surface area contributed by atoms with Gasteiger partial charge >= 0.3 is 0 Å². The first kappa shape index (κ1) is 12.6. The van der Waals surface area contributed by atoms with E-state index in [1.165, 1.54) is 0 Å².